The number of nitrogens with one attached hydrogen (secondary N) is 2. The zero-order valence-corrected chi connectivity index (χ0v) is 12.9. The summed E-state index contributed by atoms with van der Waals surface area (Å²) in [5, 5.41) is 14.0. The van der Waals surface area contributed by atoms with Crippen LogP contribution in [0, 0.1) is 5.92 Å². The van der Waals surface area contributed by atoms with Gasteiger partial charge in [-0.15, -0.1) is 0 Å². The zero-order chi connectivity index (χ0) is 15.8. The molecular weight excluding hydrogens is 288 g/mol. The molecule has 0 saturated heterocycles. The van der Waals surface area contributed by atoms with E-state index in [9.17, 15) is 9.59 Å². The lowest BCUT2D eigenvalue weighted by atomic mass is 10.0. The molecule has 1 aromatic rings. The maximum Gasteiger partial charge on any atom is 0.322 e. The summed E-state index contributed by atoms with van der Waals surface area (Å²) in [6.45, 7) is 3.59. The Morgan fingerprint density at radius 1 is 1.24 bits per heavy atom. The summed E-state index contributed by atoms with van der Waals surface area (Å²) in [5.41, 5.74) is 0.826. The second kappa shape index (κ2) is 8.36. The largest absolute Gasteiger partial charge is 0.480 e. The number of carboxylic acid groups (broad SMARTS) is 1. The molecule has 21 heavy (non-hydrogen) atoms. The van der Waals surface area contributed by atoms with Gasteiger partial charge in [-0.05, 0) is 12.3 Å². The molecule has 1 aromatic carbocycles. The average molecular weight is 308 g/mol. The van der Waals surface area contributed by atoms with Crippen LogP contribution in [0.4, 0.5) is 0 Å². The smallest absolute Gasteiger partial charge is 0.322 e. The van der Waals surface area contributed by atoms with E-state index in [1.165, 1.54) is 0 Å². The van der Waals surface area contributed by atoms with Gasteiger partial charge in [0.2, 0.25) is 5.91 Å². The highest BCUT2D eigenvalue weighted by atomic mass is 32.1. The topological polar surface area (TPSA) is 78.4 Å². The first-order chi connectivity index (χ1) is 9.90. The van der Waals surface area contributed by atoms with E-state index >= 15 is 0 Å². The molecular formula is C15H20N2O3S. The van der Waals surface area contributed by atoms with Crippen molar-refractivity contribution in [2.45, 2.75) is 26.3 Å². The Bertz CT molecular complexity index is 503. The molecule has 114 valence electrons. The molecule has 1 amide bonds. The van der Waals surface area contributed by atoms with Gasteiger partial charge in [-0.2, -0.15) is 0 Å². The predicted octanol–water partition coefficient (Wildman–Crippen LogP) is 1.57. The number of benzene rings is 1. The van der Waals surface area contributed by atoms with Crippen molar-refractivity contribution in [1.29, 1.82) is 0 Å². The third kappa shape index (κ3) is 6.35. The van der Waals surface area contributed by atoms with Gasteiger partial charge in [-0.1, -0.05) is 56.4 Å². The van der Waals surface area contributed by atoms with E-state index in [1.807, 2.05) is 44.2 Å². The minimum Gasteiger partial charge on any atom is -0.480 e. The third-order valence-corrected chi connectivity index (χ3v) is 3.13. The Kier molecular flexibility index (Phi) is 6.81. The van der Waals surface area contributed by atoms with Crippen LogP contribution >= 0.6 is 12.2 Å². The molecule has 0 aliphatic heterocycles. The normalized spacial score (nSPS) is 11.8. The molecule has 0 unspecified atom stereocenters. The lowest BCUT2D eigenvalue weighted by molar-refractivity contribution is -0.138. The number of rotatable bonds is 7. The van der Waals surface area contributed by atoms with Crippen LogP contribution in [0.1, 0.15) is 25.8 Å². The van der Waals surface area contributed by atoms with Crippen molar-refractivity contribution in [1.82, 2.24) is 10.6 Å². The molecule has 0 heterocycles. The number of hydrogen-bond donors (Lipinski definition) is 3. The van der Waals surface area contributed by atoms with Gasteiger partial charge in [0.1, 0.15) is 17.6 Å². The molecule has 0 fully saturated rings. The van der Waals surface area contributed by atoms with Gasteiger partial charge in [-0.3, -0.25) is 9.59 Å². The van der Waals surface area contributed by atoms with Crippen molar-refractivity contribution in [2.24, 2.45) is 5.92 Å². The predicted molar refractivity (Wildman–Crippen MR) is 85.2 cm³/mol. The molecule has 0 aliphatic carbocycles. The molecule has 0 saturated carbocycles. The van der Waals surface area contributed by atoms with Crippen molar-refractivity contribution in [3.05, 3.63) is 35.9 Å². The van der Waals surface area contributed by atoms with E-state index in [-0.39, 0.29) is 11.8 Å². The van der Waals surface area contributed by atoms with Crippen LogP contribution in [0.15, 0.2) is 30.3 Å². The summed E-state index contributed by atoms with van der Waals surface area (Å²) < 4.78 is 0. The number of carbonyl (C=O) groups is 2. The van der Waals surface area contributed by atoms with Crippen molar-refractivity contribution in [3.8, 4) is 0 Å². The van der Waals surface area contributed by atoms with Gasteiger partial charge in [0.15, 0.2) is 0 Å². The summed E-state index contributed by atoms with van der Waals surface area (Å²) in [7, 11) is 0. The van der Waals surface area contributed by atoms with Gasteiger partial charge < -0.3 is 15.7 Å². The number of carbonyl (C=O) groups excluding carboxylic acids is 1. The monoisotopic (exact) mass is 308 g/mol. The molecule has 6 heteroatoms. The van der Waals surface area contributed by atoms with Gasteiger partial charge >= 0.3 is 5.97 Å². The molecule has 1 rings (SSSR count). The zero-order valence-electron chi connectivity index (χ0n) is 12.1. The average Bonchev–Trinajstić information content (AvgIpc) is 2.44. The van der Waals surface area contributed by atoms with Crippen LogP contribution in [0.3, 0.4) is 0 Å². The lowest BCUT2D eigenvalue weighted by Crippen LogP contribution is -2.48. The van der Waals surface area contributed by atoms with E-state index < -0.39 is 18.6 Å². The summed E-state index contributed by atoms with van der Waals surface area (Å²) >= 11 is 5.30. The first-order valence-corrected chi connectivity index (χ1v) is 7.16. The first kappa shape index (κ1) is 17.1. The van der Waals surface area contributed by atoms with Gasteiger partial charge in [0, 0.05) is 5.56 Å². The lowest BCUT2D eigenvalue weighted by Gasteiger charge is -2.21. The Balaban J connectivity index is 2.71. The van der Waals surface area contributed by atoms with Crippen molar-refractivity contribution in [3.63, 3.8) is 0 Å². The van der Waals surface area contributed by atoms with Gasteiger partial charge in [-0.25, -0.2) is 0 Å². The third-order valence-electron chi connectivity index (χ3n) is 2.78. The van der Waals surface area contributed by atoms with E-state index in [0.29, 0.717) is 11.4 Å². The Hall–Kier alpha value is -1.95. The standard InChI is InChI=1S/C15H20N2O3S/c1-10(2)8-12(14(20)16-9-13(18)19)17-15(21)11-6-4-3-5-7-11/h3-7,10,12H,8-9H2,1-2H3,(H,16,20)(H,17,21)(H,18,19)/t12-/m0/s1. The van der Waals surface area contributed by atoms with E-state index in [2.05, 4.69) is 10.6 Å². The van der Waals surface area contributed by atoms with E-state index in [0.717, 1.165) is 5.56 Å². The fourth-order valence-corrected chi connectivity index (χ4v) is 2.10. The van der Waals surface area contributed by atoms with E-state index in [1.54, 1.807) is 0 Å². The van der Waals surface area contributed by atoms with Crippen LogP contribution in [-0.2, 0) is 9.59 Å². The van der Waals surface area contributed by atoms with Crippen LogP contribution in [0.25, 0.3) is 0 Å². The highest BCUT2D eigenvalue weighted by molar-refractivity contribution is 7.80. The highest BCUT2D eigenvalue weighted by Crippen LogP contribution is 2.07. The molecule has 3 N–H and O–H groups in total. The van der Waals surface area contributed by atoms with Crippen LogP contribution in [0.5, 0.6) is 0 Å². The Morgan fingerprint density at radius 2 is 1.86 bits per heavy atom. The van der Waals surface area contributed by atoms with Crippen molar-refractivity contribution >= 4 is 29.1 Å². The van der Waals surface area contributed by atoms with Gasteiger partial charge in [0.05, 0.1) is 0 Å². The minimum atomic E-state index is -1.07. The fraction of sp³-hybridized carbons (Fsp3) is 0.400. The number of thiocarbonyl (C=S) groups is 1. The molecule has 0 aromatic heterocycles. The number of carboxylic acids is 1. The molecule has 0 bridgehead atoms. The summed E-state index contributed by atoms with van der Waals surface area (Å²) in [4.78, 5) is 23.1. The van der Waals surface area contributed by atoms with Crippen LogP contribution in [-0.4, -0.2) is 34.6 Å². The van der Waals surface area contributed by atoms with E-state index in [4.69, 9.17) is 17.3 Å². The first-order valence-electron chi connectivity index (χ1n) is 6.75. The maximum absolute atomic E-state index is 12.1. The fourth-order valence-electron chi connectivity index (χ4n) is 1.82. The number of amides is 1. The SMILES string of the molecule is CC(C)C[C@H](NC(=S)c1ccccc1)C(=O)NCC(=O)O. The second-order valence-electron chi connectivity index (χ2n) is 5.13. The van der Waals surface area contributed by atoms with Crippen molar-refractivity contribution < 1.29 is 14.7 Å². The molecule has 5 nitrogen and oxygen atoms in total. The molecule has 1 atom stereocenters. The Morgan fingerprint density at radius 3 is 2.38 bits per heavy atom. The minimum absolute atomic E-state index is 0.275. The highest BCUT2D eigenvalue weighted by Gasteiger charge is 2.21. The number of hydrogen-bond acceptors (Lipinski definition) is 3. The molecule has 0 radical (unpaired) electrons. The van der Waals surface area contributed by atoms with Crippen molar-refractivity contribution in [2.75, 3.05) is 6.54 Å². The number of aliphatic carboxylic acids is 1. The summed E-state index contributed by atoms with van der Waals surface area (Å²) in [6.07, 6.45) is 0.568. The van der Waals surface area contributed by atoms with Crippen LogP contribution < -0.4 is 10.6 Å². The quantitative estimate of drug-likeness (QED) is 0.666. The summed E-state index contributed by atoms with van der Waals surface area (Å²) in [5.74, 6) is -1.15. The summed E-state index contributed by atoms with van der Waals surface area (Å²) in [6, 6.07) is 8.79. The van der Waals surface area contributed by atoms with Crippen LogP contribution in [0.2, 0.25) is 0 Å². The second-order valence-corrected chi connectivity index (χ2v) is 5.54. The molecule has 0 spiro atoms. The van der Waals surface area contributed by atoms with Gasteiger partial charge in [0.25, 0.3) is 0 Å². The molecule has 0 aliphatic rings. The maximum atomic E-state index is 12.1. The Labute approximate surface area is 129 Å².